The normalized spacial score (nSPS) is 22.3. The third-order valence-corrected chi connectivity index (χ3v) is 4.10. The van der Waals surface area contributed by atoms with Crippen molar-refractivity contribution in [1.82, 2.24) is 0 Å². The maximum absolute atomic E-state index is 12.3. The van der Waals surface area contributed by atoms with Gasteiger partial charge in [-0.05, 0) is 36.5 Å². The van der Waals surface area contributed by atoms with Crippen molar-refractivity contribution in [2.75, 3.05) is 14.2 Å². The van der Waals surface area contributed by atoms with Gasteiger partial charge < -0.3 is 9.47 Å². The summed E-state index contributed by atoms with van der Waals surface area (Å²) in [6.45, 7) is 2.18. The van der Waals surface area contributed by atoms with E-state index < -0.39 is 0 Å². The van der Waals surface area contributed by atoms with Gasteiger partial charge in [0.15, 0.2) is 11.5 Å². The summed E-state index contributed by atoms with van der Waals surface area (Å²) >= 11 is 0. The van der Waals surface area contributed by atoms with Crippen LogP contribution in [0.4, 0.5) is 0 Å². The maximum atomic E-state index is 12.3. The molecule has 0 heterocycles. The van der Waals surface area contributed by atoms with Crippen LogP contribution in [0, 0.1) is 11.8 Å². The number of ether oxygens (including phenoxy) is 2. The van der Waals surface area contributed by atoms with Crippen molar-refractivity contribution in [2.45, 2.75) is 32.6 Å². The molecular weight excluding hydrogens is 240 g/mol. The summed E-state index contributed by atoms with van der Waals surface area (Å²) < 4.78 is 10.5. The molecular formula is C16H22O3. The third kappa shape index (κ3) is 3.09. The molecule has 0 aromatic heterocycles. The van der Waals surface area contributed by atoms with Crippen molar-refractivity contribution in [1.29, 1.82) is 0 Å². The van der Waals surface area contributed by atoms with Crippen molar-refractivity contribution in [3.8, 4) is 11.5 Å². The minimum atomic E-state index is 0.244. The summed E-state index contributed by atoms with van der Waals surface area (Å²) in [5.41, 5.74) is 1.00. The quantitative estimate of drug-likeness (QED) is 0.817. The third-order valence-electron chi connectivity index (χ3n) is 4.10. The van der Waals surface area contributed by atoms with Gasteiger partial charge in [0.05, 0.1) is 14.2 Å². The second-order valence-corrected chi connectivity index (χ2v) is 5.35. The highest BCUT2D eigenvalue weighted by molar-refractivity contribution is 5.84. The van der Waals surface area contributed by atoms with Crippen LogP contribution in [-0.2, 0) is 11.2 Å². The first-order chi connectivity index (χ1) is 9.15. The molecule has 19 heavy (non-hydrogen) atoms. The van der Waals surface area contributed by atoms with Gasteiger partial charge in [-0.25, -0.2) is 0 Å². The van der Waals surface area contributed by atoms with Gasteiger partial charge in [0.25, 0.3) is 0 Å². The van der Waals surface area contributed by atoms with Gasteiger partial charge in [-0.3, -0.25) is 4.79 Å². The standard InChI is InChI=1S/C16H22O3/c1-11-5-4-6-13(11)14(17)9-12-7-8-15(18-2)16(10-12)19-3/h7-8,10-11,13H,4-6,9H2,1-3H3. The highest BCUT2D eigenvalue weighted by Crippen LogP contribution is 2.33. The number of hydrogen-bond donors (Lipinski definition) is 0. The number of rotatable bonds is 5. The summed E-state index contributed by atoms with van der Waals surface area (Å²) in [6, 6.07) is 5.70. The fourth-order valence-electron chi connectivity index (χ4n) is 2.95. The molecule has 0 aliphatic heterocycles. The monoisotopic (exact) mass is 262 g/mol. The SMILES string of the molecule is COc1ccc(CC(=O)C2CCCC2C)cc1OC. The second kappa shape index (κ2) is 6.09. The van der Waals surface area contributed by atoms with Crippen molar-refractivity contribution in [3.05, 3.63) is 23.8 Å². The van der Waals surface area contributed by atoms with Crippen LogP contribution in [0.25, 0.3) is 0 Å². The van der Waals surface area contributed by atoms with E-state index in [1.807, 2.05) is 18.2 Å². The van der Waals surface area contributed by atoms with Crippen LogP contribution < -0.4 is 9.47 Å². The Morgan fingerprint density at radius 1 is 1.21 bits per heavy atom. The minimum absolute atomic E-state index is 0.244. The largest absolute Gasteiger partial charge is 0.493 e. The van der Waals surface area contributed by atoms with Crippen LogP contribution in [0.5, 0.6) is 11.5 Å². The molecule has 0 radical (unpaired) electrons. The molecule has 1 fully saturated rings. The molecule has 0 amide bonds. The lowest BCUT2D eigenvalue weighted by atomic mass is 9.90. The Kier molecular flexibility index (Phi) is 4.46. The first-order valence-electron chi connectivity index (χ1n) is 6.89. The number of methoxy groups -OCH3 is 2. The zero-order valence-electron chi connectivity index (χ0n) is 11.9. The molecule has 1 aromatic rings. The van der Waals surface area contributed by atoms with Gasteiger partial charge in [-0.2, -0.15) is 0 Å². The molecule has 1 saturated carbocycles. The van der Waals surface area contributed by atoms with E-state index in [-0.39, 0.29) is 5.92 Å². The predicted molar refractivity (Wildman–Crippen MR) is 74.8 cm³/mol. The molecule has 0 spiro atoms. The van der Waals surface area contributed by atoms with E-state index in [4.69, 9.17) is 9.47 Å². The molecule has 3 nitrogen and oxygen atoms in total. The molecule has 3 heteroatoms. The molecule has 1 aliphatic rings. The van der Waals surface area contributed by atoms with E-state index in [1.165, 1.54) is 12.8 Å². The van der Waals surface area contributed by atoms with Crippen LogP contribution in [0.3, 0.4) is 0 Å². The number of carbonyl (C=O) groups excluding carboxylic acids is 1. The number of hydrogen-bond acceptors (Lipinski definition) is 3. The van der Waals surface area contributed by atoms with Gasteiger partial charge in [-0.1, -0.05) is 19.4 Å². The van der Waals surface area contributed by atoms with Crippen molar-refractivity contribution in [3.63, 3.8) is 0 Å². The molecule has 2 rings (SSSR count). The molecule has 0 saturated heterocycles. The number of ketones is 1. The first-order valence-corrected chi connectivity index (χ1v) is 6.89. The summed E-state index contributed by atoms with van der Waals surface area (Å²) in [4.78, 5) is 12.3. The van der Waals surface area contributed by atoms with Crippen molar-refractivity contribution < 1.29 is 14.3 Å². The average Bonchev–Trinajstić information content (AvgIpc) is 2.85. The van der Waals surface area contributed by atoms with E-state index in [1.54, 1.807) is 14.2 Å². The number of benzene rings is 1. The van der Waals surface area contributed by atoms with Crippen LogP contribution in [-0.4, -0.2) is 20.0 Å². The Bertz CT molecular complexity index is 453. The van der Waals surface area contributed by atoms with Crippen LogP contribution in [0.2, 0.25) is 0 Å². The van der Waals surface area contributed by atoms with Crippen molar-refractivity contribution in [2.24, 2.45) is 11.8 Å². The van der Waals surface area contributed by atoms with Crippen LogP contribution >= 0.6 is 0 Å². The van der Waals surface area contributed by atoms with Crippen molar-refractivity contribution >= 4 is 5.78 Å². The smallest absolute Gasteiger partial charge is 0.161 e. The molecule has 2 atom stereocenters. The number of carbonyl (C=O) groups is 1. The highest BCUT2D eigenvalue weighted by atomic mass is 16.5. The van der Waals surface area contributed by atoms with Gasteiger partial charge in [0, 0.05) is 12.3 Å². The van der Waals surface area contributed by atoms with Gasteiger partial charge in [0.2, 0.25) is 0 Å². The maximum Gasteiger partial charge on any atom is 0.161 e. The second-order valence-electron chi connectivity index (χ2n) is 5.35. The molecule has 1 aliphatic carbocycles. The summed E-state index contributed by atoms with van der Waals surface area (Å²) in [5, 5.41) is 0. The lowest BCUT2D eigenvalue weighted by Gasteiger charge is -2.14. The zero-order valence-corrected chi connectivity index (χ0v) is 11.9. The summed E-state index contributed by atoms with van der Waals surface area (Å²) in [5.74, 6) is 2.53. The minimum Gasteiger partial charge on any atom is -0.493 e. The molecule has 104 valence electrons. The molecule has 1 aromatic carbocycles. The van der Waals surface area contributed by atoms with E-state index in [2.05, 4.69) is 6.92 Å². The fraction of sp³-hybridized carbons (Fsp3) is 0.562. The topological polar surface area (TPSA) is 35.5 Å². The van der Waals surface area contributed by atoms with Crippen LogP contribution in [0.15, 0.2) is 18.2 Å². The molecule has 0 bridgehead atoms. The van der Waals surface area contributed by atoms with E-state index in [0.717, 1.165) is 12.0 Å². The Balaban J connectivity index is 2.08. The Hall–Kier alpha value is -1.51. The van der Waals surface area contributed by atoms with Gasteiger partial charge >= 0.3 is 0 Å². The fourth-order valence-corrected chi connectivity index (χ4v) is 2.95. The number of Topliss-reactive ketones (excluding diaryl/α,β-unsaturated/α-hetero) is 1. The summed E-state index contributed by atoms with van der Waals surface area (Å²) in [7, 11) is 3.23. The highest BCUT2D eigenvalue weighted by Gasteiger charge is 2.29. The Labute approximate surface area is 114 Å². The van der Waals surface area contributed by atoms with E-state index in [0.29, 0.717) is 29.6 Å². The Morgan fingerprint density at radius 2 is 1.95 bits per heavy atom. The average molecular weight is 262 g/mol. The van der Waals surface area contributed by atoms with Gasteiger partial charge in [-0.15, -0.1) is 0 Å². The first kappa shape index (κ1) is 13.9. The lowest BCUT2D eigenvalue weighted by molar-refractivity contribution is -0.123. The zero-order chi connectivity index (χ0) is 13.8. The molecule has 2 unspecified atom stereocenters. The van der Waals surface area contributed by atoms with Crippen LogP contribution in [0.1, 0.15) is 31.7 Å². The van der Waals surface area contributed by atoms with E-state index in [9.17, 15) is 4.79 Å². The predicted octanol–water partition coefficient (Wildman–Crippen LogP) is 3.25. The van der Waals surface area contributed by atoms with E-state index >= 15 is 0 Å². The molecule has 0 N–H and O–H groups in total. The lowest BCUT2D eigenvalue weighted by Crippen LogP contribution is -2.19. The van der Waals surface area contributed by atoms with Gasteiger partial charge in [0.1, 0.15) is 5.78 Å². The Morgan fingerprint density at radius 3 is 2.53 bits per heavy atom. The summed E-state index contributed by atoms with van der Waals surface area (Å²) in [6.07, 6.45) is 3.91.